The lowest BCUT2D eigenvalue weighted by Gasteiger charge is -2.12. The van der Waals surface area contributed by atoms with Crippen molar-refractivity contribution in [3.8, 4) is 0 Å². The van der Waals surface area contributed by atoms with Crippen LogP contribution in [0.15, 0.2) is 30.6 Å². The molecule has 0 saturated heterocycles. The molecule has 0 amide bonds. The second kappa shape index (κ2) is 9.09. The lowest BCUT2D eigenvalue weighted by Crippen LogP contribution is -2.08. The van der Waals surface area contributed by atoms with E-state index < -0.39 is 0 Å². The van der Waals surface area contributed by atoms with Gasteiger partial charge in [-0.3, -0.25) is 4.98 Å². The molecule has 3 heterocycles. The minimum absolute atomic E-state index is 0.345. The van der Waals surface area contributed by atoms with Crippen LogP contribution in [0, 0.1) is 11.3 Å². The van der Waals surface area contributed by atoms with Crippen LogP contribution in [0.1, 0.15) is 50.6 Å². The highest BCUT2D eigenvalue weighted by atomic mass is 32.1. The van der Waals surface area contributed by atoms with Crippen molar-refractivity contribution in [1.29, 1.82) is 5.41 Å². The highest BCUT2D eigenvalue weighted by molar-refractivity contribution is 7.15. The number of nitrogens with one attached hydrogen (secondary N) is 3. The quantitative estimate of drug-likeness (QED) is 0.454. The molecule has 152 valence electrons. The van der Waals surface area contributed by atoms with Crippen molar-refractivity contribution in [2.45, 2.75) is 40.0 Å². The van der Waals surface area contributed by atoms with Gasteiger partial charge in [-0.1, -0.05) is 39.0 Å². The van der Waals surface area contributed by atoms with Crippen molar-refractivity contribution in [3.63, 3.8) is 0 Å². The molecule has 0 saturated carbocycles. The fourth-order valence-corrected chi connectivity index (χ4v) is 3.61. The summed E-state index contributed by atoms with van der Waals surface area (Å²) < 4.78 is 0. The van der Waals surface area contributed by atoms with E-state index in [1.165, 1.54) is 11.3 Å². The number of anilines is 2. The second-order valence-corrected chi connectivity index (χ2v) is 8.62. The summed E-state index contributed by atoms with van der Waals surface area (Å²) in [6.07, 6.45) is 4.36. The van der Waals surface area contributed by atoms with Crippen LogP contribution in [0.5, 0.6) is 0 Å². The molecule has 0 aliphatic rings. The van der Waals surface area contributed by atoms with Crippen molar-refractivity contribution in [2.24, 2.45) is 5.92 Å². The Morgan fingerprint density at radius 1 is 1.17 bits per heavy atom. The van der Waals surface area contributed by atoms with Crippen LogP contribution in [0.25, 0.3) is 16.6 Å². The summed E-state index contributed by atoms with van der Waals surface area (Å²) >= 11 is 1.53. The first-order valence-corrected chi connectivity index (χ1v) is 10.5. The lowest BCUT2D eigenvalue weighted by atomic mass is 9.96. The Hall–Kier alpha value is -2.87. The van der Waals surface area contributed by atoms with Gasteiger partial charge in [0, 0.05) is 42.2 Å². The van der Waals surface area contributed by atoms with E-state index in [2.05, 4.69) is 53.5 Å². The third kappa shape index (κ3) is 5.14. The maximum Gasteiger partial charge on any atom is 0.211 e. The smallest absolute Gasteiger partial charge is 0.211 e. The molecule has 0 aliphatic heterocycles. The van der Waals surface area contributed by atoms with Gasteiger partial charge in [0.05, 0.1) is 11.0 Å². The van der Waals surface area contributed by atoms with Crippen molar-refractivity contribution >= 4 is 44.6 Å². The number of fused-ring (bicyclic) bond motifs is 1. The first-order valence-electron chi connectivity index (χ1n) is 9.70. The van der Waals surface area contributed by atoms with Crippen LogP contribution in [-0.2, 0) is 0 Å². The summed E-state index contributed by atoms with van der Waals surface area (Å²) in [5, 5.41) is 24.9. The van der Waals surface area contributed by atoms with Gasteiger partial charge in [-0.2, -0.15) is 0 Å². The first kappa shape index (κ1) is 20.9. The highest BCUT2D eigenvalue weighted by Gasteiger charge is 2.13. The molecular weight excluding hydrogens is 382 g/mol. The van der Waals surface area contributed by atoms with Crippen LogP contribution in [0.3, 0.4) is 0 Å². The molecule has 3 aromatic heterocycles. The fraction of sp³-hybridized carbons (Fsp3) is 0.381. The van der Waals surface area contributed by atoms with Crippen LogP contribution < -0.4 is 10.6 Å². The van der Waals surface area contributed by atoms with Crippen LogP contribution >= 0.6 is 11.3 Å². The molecule has 3 aromatic rings. The Labute approximate surface area is 175 Å². The van der Waals surface area contributed by atoms with E-state index in [4.69, 9.17) is 10.4 Å². The minimum atomic E-state index is 0.345. The van der Waals surface area contributed by atoms with Crippen LogP contribution in [0.2, 0.25) is 0 Å². The highest BCUT2D eigenvalue weighted by Crippen LogP contribution is 2.26. The number of nitrogens with zero attached hydrogens (tertiary/aromatic N) is 4. The van der Waals surface area contributed by atoms with Gasteiger partial charge in [0.25, 0.3) is 0 Å². The van der Waals surface area contributed by atoms with E-state index in [1.54, 1.807) is 6.20 Å². The van der Waals surface area contributed by atoms with E-state index in [1.807, 2.05) is 31.4 Å². The summed E-state index contributed by atoms with van der Waals surface area (Å²) in [5.41, 5.74) is 3.86. The molecular formula is C21H27N7S. The fourth-order valence-electron chi connectivity index (χ4n) is 2.86. The molecule has 0 aromatic carbocycles. The van der Waals surface area contributed by atoms with Crippen molar-refractivity contribution in [2.75, 3.05) is 12.4 Å². The van der Waals surface area contributed by atoms with Crippen LogP contribution in [0.4, 0.5) is 10.9 Å². The zero-order chi connectivity index (χ0) is 21.0. The Kier molecular flexibility index (Phi) is 6.53. The number of rotatable bonds is 8. The van der Waals surface area contributed by atoms with E-state index in [0.717, 1.165) is 32.3 Å². The van der Waals surface area contributed by atoms with Crippen molar-refractivity contribution < 1.29 is 0 Å². The molecule has 0 unspecified atom stereocenters. The molecule has 0 bridgehead atoms. The normalized spacial score (nSPS) is 12.0. The van der Waals surface area contributed by atoms with E-state index >= 15 is 0 Å². The van der Waals surface area contributed by atoms with Crippen molar-refractivity contribution in [3.05, 3.63) is 41.2 Å². The molecule has 7 nitrogen and oxygen atoms in total. The SMILES string of the molecule is CN/C=C(\C(=N)CC(C)C)c1cnc2ccc(Nc3nnc(C(C)C)s3)nc2c1. The summed E-state index contributed by atoms with van der Waals surface area (Å²) in [6.45, 7) is 8.42. The number of pyridine rings is 2. The maximum atomic E-state index is 8.47. The van der Waals surface area contributed by atoms with Gasteiger partial charge < -0.3 is 16.0 Å². The molecule has 0 radical (unpaired) electrons. The topological polar surface area (TPSA) is 99.5 Å². The summed E-state index contributed by atoms with van der Waals surface area (Å²) in [4.78, 5) is 9.24. The lowest BCUT2D eigenvalue weighted by molar-refractivity contribution is 0.684. The maximum absolute atomic E-state index is 8.47. The minimum Gasteiger partial charge on any atom is -0.393 e. The van der Waals surface area contributed by atoms with E-state index in [0.29, 0.717) is 29.8 Å². The van der Waals surface area contributed by atoms with E-state index in [-0.39, 0.29) is 0 Å². The Morgan fingerprint density at radius 3 is 2.62 bits per heavy atom. The predicted molar refractivity (Wildman–Crippen MR) is 121 cm³/mol. The zero-order valence-electron chi connectivity index (χ0n) is 17.4. The van der Waals surface area contributed by atoms with Crippen LogP contribution in [-0.4, -0.2) is 32.9 Å². The van der Waals surface area contributed by atoms with Gasteiger partial charge in [0.15, 0.2) is 0 Å². The Bertz CT molecular complexity index is 1040. The molecule has 0 aliphatic carbocycles. The van der Waals surface area contributed by atoms with Gasteiger partial charge in [0.1, 0.15) is 10.8 Å². The largest absolute Gasteiger partial charge is 0.393 e. The van der Waals surface area contributed by atoms with Gasteiger partial charge in [-0.25, -0.2) is 4.98 Å². The third-order valence-corrected chi connectivity index (χ3v) is 5.38. The summed E-state index contributed by atoms with van der Waals surface area (Å²) in [7, 11) is 1.84. The Morgan fingerprint density at radius 2 is 1.97 bits per heavy atom. The second-order valence-electron chi connectivity index (χ2n) is 7.61. The Balaban J connectivity index is 1.91. The summed E-state index contributed by atoms with van der Waals surface area (Å²) in [5.74, 6) is 1.45. The number of aromatic nitrogens is 4. The molecule has 3 rings (SSSR count). The van der Waals surface area contributed by atoms with E-state index in [9.17, 15) is 0 Å². The van der Waals surface area contributed by atoms with Gasteiger partial charge in [-0.05, 0) is 30.5 Å². The average Bonchev–Trinajstić information content (AvgIpc) is 3.13. The number of allylic oxidation sites excluding steroid dienone is 1. The average molecular weight is 410 g/mol. The predicted octanol–water partition coefficient (Wildman–Crippen LogP) is 4.97. The molecule has 3 N–H and O–H groups in total. The monoisotopic (exact) mass is 409 g/mol. The van der Waals surface area contributed by atoms with Crippen molar-refractivity contribution in [1.82, 2.24) is 25.5 Å². The summed E-state index contributed by atoms with van der Waals surface area (Å²) in [6, 6.07) is 5.79. The molecule has 29 heavy (non-hydrogen) atoms. The molecule has 0 fully saturated rings. The standard InChI is InChI=1S/C21H27N7S/c1-12(2)8-16(22)15(11-23-5)14-9-18-17(24-10-14)6-7-19(25-18)26-21-28-27-20(29-21)13(3)4/h6-7,9-13,22-23H,8H2,1-5H3,(H,25,26,28)/b15-11-,22-16?. The third-order valence-electron chi connectivity index (χ3n) is 4.24. The molecule has 8 heteroatoms. The number of hydrogen-bond acceptors (Lipinski definition) is 8. The molecule has 0 atom stereocenters. The van der Waals surface area contributed by atoms with Gasteiger partial charge in [0.2, 0.25) is 5.13 Å². The van der Waals surface area contributed by atoms with Gasteiger partial charge >= 0.3 is 0 Å². The molecule has 0 spiro atoms. The zero-order valence-corrected chi connectivity index (χ0v) is 18.3. The van der Waals surface area contributed by atoms with Gasteiger partial charge in [-0.15, -0.1) is 10.2 Å². The number of hydrogen-bond donors (Lipinski definition) is 3. The first-order chi connectivity index (χ1) is 13.9.